The molecule has 0 saturated carbocycles. The van der Waals surface area contributed by atoms with Gasteiger partial charge in [-0.15, -0.1) is 20.4 Å². The molecule has 2 heterocycles. The third-order valence-corrected chi connectivity index (χ3v) is 5.77. The van der Waals surface area contributed by atoms with Gasteiger partial charge in [0.05, 0.1) is 11.1 Å². The van der Waals surface area contributed by atoms with Crippen LogP contribution in [-0.4, -0.2) is 51.7 Å². The van der Waals surface area contributed by atoms with Gasteiger partial charge in [-0.3, -0.25) is 9.13 Å². The first kappa shape index (κ1) is 22.7. The van der Waals surface area contributed by atoms with Gasteiger partial charge in [0.25, 0.3) is 0 Å². The topological polar surface area (TPSA) is 136 Å². The summed E-state index contributed by atoms with van der Waals surface area (Å²) in [5.74, 6) is 0.489. The monoisotopic (exact) mass is 480 g/mol. The van der Waals surface area contributed by atoms with Crippen molar-refractivity contribution in [1.29, 1.82) is 0 Å². The number of carbonyl (C=O) groups is 2. The summed E-state index contributed by atoms with van der Waals surface area (Å²) in [4.78, 5) is 22.5. The third kappa shape index (κ3) is 4.00. The van der Waals surface area contributed by atoms with Crippen LogP contribution in [0.3, 0.4) is 0 Å². The van der Waals surface area contributed by atoms with Crippen LogP contribution >= 0.6 is 0 Å². The lowest BCUT2D eigenvalue weighted by atomic mass is 10.1. The predicted octanol–water partition coefficient (Wildman–Crippen LogP) is 4.20. The summed E-state index contributed by atoms with van der Waals surface area (Å²) in [5, 5.41) is 35.6. The molecule has 0 aliphatic rings. The fourth-order valence-electron chi connectivity index (χ4n) is 4.02. The van der Waals surface area contributed by atoms with E-state index >= 15 is 0 Å². The number of hydrogen-bond donors (Lipinski definition) is 2. The van der Waals surface area contributed by atoms with Gasteiger partial charge in [-0.1, -0.05) is 18.2 Å². The minimum Gasteiger partial charge on any atom is -0.478 e. The molecule has 0 amide bonds. The van der Waals surface area contributed by atoms with Gasteiger partial charge >= 0.3 is 11.9 Å². The highest BCUT2D eigenvalue weighted by atomic mass is 16.4. The van der Waals surface area contributed by atoms with Gasteiger partial charge < -0.3 is 10.2 Å². The van der Waals surface area contributed by atoms with E-state index in [-0.39, 0.29) is 11.1 Å². The first-order valence-electron chi connectivity index (χ1n) is 11.0. The molecule has 0 fully saturated rings. The van der Waals surface area contributed by atoms with Crippen molar-refractivity contribution < 1.29 is 19.8 Å². The molecule has 2 aromatic heterocycles. The molecule has 3 aromatic carbocycles. The van der Waals surface area contributed by atoms with E-state index < -0.39 is 11.9 Å². The molecule has 0 aliphatic carbocycles. The molecule has 5 rings (SSSR count). The highest BCUT2D eigenvalue weighted by Gasteiger charge is 2.18. The summed E-state index contributed by atoms with van der Waals surface area (Å²) >= 11 is 0. The van der Waals surface area contributed by atoms with Crippen LogP contribution in [0.4, 0.5) is 0 Å². The second kappa shape index (κ2) is 8.91. The Morgan fingerprint density at radius 2 is 1.00 bits per heavy atom. The second-order valence-corrected chi connectivity index (χ2v) is 8.10. The number of aromatic nitrogens is 6. The molecule has 0 spiro atoms. The van der Waals surface area contributed by atoms with Crippen LogP contribution in [0, 0.1) is 13.8 Å². The third-order valence-electron chi connectivity index (χ3n) is 5.77. The number of benzene rings is 3. The first-order valence-corrected chi connectivity index (χ1v) is 11.0. The first-order chi connectivity index (χ1) is 17.3. The van der Waals surface area contributed by atoms with E-state index in [1.165, 1.54) is 24.3 Å². The number of aryl methyl sites for hydroxylation is 2. The van der Waals surface area contributed by atoms with Crippen molar-refractivity contribution in [3.8, 4) is 34.2 Å². The zero-order valence-corrected chi connectivity index (χ0v) is 19.3. The SMILES string of the molecule is Cc1nnc(-c2cccc(-c3nnc(C)n3-c3ccc(C(=O)O)cc3)c2)n1-c1ccc(C(=O)O)cc1. The van der Waals surface area contributed by atoms with Crippen LogP contribution in [0.1, 0.15) is 32.4 Å². The van der Waals surface area contributed by atoms with Crippen LogP contribution in [0.15, 0.2) is 72.8 Å². The van der Waals surface area contributed by atoms with Gasteiger partial charge in [-0.25, -0.2) is 9.59 Å². The van der Waals surface area contributed by atoms with Crippen molar-refractivity contribution in [1.82, 2.24) is 29.5 Å². The lowest BCUT2D eigenvalue weighted by Crippen LogP contribution is -2.03. The Bertz CT molecular complexity index is 1480. The van der Waals surface area contributed by atoms with E-state index in [0.717, 1.165) is 22.5 Å². The van der Waals surface area contributed by atoms with Gasteiger partial charge in [0.2, 0.25) is 0 Å². The number of aromatic carboxylic acids is 2. The molecular weight excluding hydrogens is 460 g/mol. The Morgan fingerprint density at radius 3 is 1.36 bits per heavy atom. The van der Waals surface area contributed by atoms with Crippen LogP contribution in [0.25, 0.3) is 34.2 Å². The maximum absolute atomic E-state index is 11.2. The minimum absolute atomic E-state index is 0.194. The van der Waals surface area contributed by atoms with Crippen LogP contribution in [0.5, 0.6) is 0 Å². The van der Waals surface area contributed by atoms with Gasteiger partial charge in [0.15, 0.2) is 11.6 Å². The van der Waals surface area contributed by atoms with Crippen molar-refractivity contribution in [3.05, 3.63) is 95.6 Å². The maximum Gasteiger partial charge on any atom is 0.335 e. The average molecular weight is 480 g/mol. The van der Waals surface area contributed by atoms with Crippen LogP contribution < -0.4 is 0 Å². The quantitative estimate of drug-likeness (QED) is 0.369. The molecule has 2 N–H and O–H groups in total. The number of carboxylic acid groups (broad SMARTS) is 2. The molecule has 0 radical (unpaired) electrons. The van der Waals surface area contributed by atoms with Gasteiger partial charge in [-0.05, 0) is 68.4 Å². The Labute approximate surface area is 205 Å². The van der Waals surface area contributed by atoms with E-state index in [9.17, 15) is 19.8 Å². The van der Waals surface area contributed by atoms with Crippen molar-refractivity contribution in [3.63, 3.8) is 0 Å². The highest BCUT2D eigenvalue weighted by molar-refractivity contribution is 5.88. The maximum atomic E-state index is 11.2. The van der Waals surface area contributed by atoms with Gasteiger partial charge in [-0.2, -0.15) is 0 Å². The number of carboxylic acids is 2. The van der Waals surface area contributed by atoms with Crippen molar-refractivity contribution in [2.24, 2.45) is 0 Å². The summed E-state index contributed by atoms with van der Waals surface area (Å²) in [6.07, 6.45) is 0. The molecule has 0 unspecified atom stereocenters. The molecule has 36 heavy (non-hydrogen) atoms. The lowest BCUT2D eigenvalue weighted by molar-refractivity contribution is 0.0686. The van der Waals surface area contributed by atoms with Crippen molar-refractivity contribution >= 4 is 11.9 Å². The number of hydrogen-bond acceptors (Lipinski definition) is 6. The van der Waals surface area contributed by atoms with E-state index in [1.54, 1.807) is 24.3 Å². The summed E-state index contributed by atoms with van der Waals surface area (Å²) in [6, 6.07) is 20.6. The zero-order valence-electron chi connectivity index (χ0n) is 19.3. The molecule has 10 heteroatoms. The molecule has 0 aliphatic heterocycles. The van der Waals surface area contributed by atoms with Gasteiger partial charge in [0.1, 0.15) is 11.6 Å². The largest absolute Gasteiger partial charge is 0.478 e. The van der Waals surface area contributed by atoms with E-state index in [0.29, 0.717) is 23.3 Å². The predicted molar refractivity (Wildman–Crippen MR) is 131 cm³/mol. The Kier molecular flexibility index (Phi) is 5.61. The lowest BCUT2D eigenvalue weighted by Gasteiger charge is -2.12. The van der Waals surface area contributed by atoms with Crippen molar-refractivity contribution in [2.75, 3.05) is 0 Å². The fourth-order valence-corrected chi connectivity index (χ4v) is 4.02. The second-order valence-electron chi connectivity index (χ2n) is 8.10. The van der Waals surface area contributed by atoms with Crippen LogP contribution in [-0.2, 0) is 0 Å². The smallest absolute Gasteiger partial charge is 0.335 e. The van der Waals surface area contributed by atoms with Crippen LogP contribution in [0.2, 0.25) is 0 Å². The number of nitrogens with zero attached hydrogens (tertiary/aromatic N) is 6. The fraction of sp³-hybridized carbons (Fsp3) is 0.0769. The molecular formula is C26H20N6O4. The molecule has 0 bridgehead atoms. The Balaban J connectivity index is 1.57. The summed E-state index contributed by atoms with van der Waals surface area (Å²) < 4.78 is 3.71. The zero-order chi connectivity index (χ0) is 25.4. The van der Waals surface area contributed by atoms with E-state index in [2.05, 4.69) is 20.4 Å². The molecule has 10 nitrogen and oxygen atoms in total. The molecule has 178 valence electrons. The normalized spacial score (nSPS) is 10.9. The Hall–Kier alpha value is -5.12. The summed E-state index contributed by atoms with van der Waals surface area (Å²) in [5.41, 5.74) is 3.42. The van der Waals surface area contributed by atoms with E-state index in [4.69, 9.17) is 0 Å². The van der Waals surface area contributed by atoms with Crippen molar-refractivity contribution in [2.45, 2.75) is 13.8 Å². The average Bonchev–Trinajstić information content (AvgIpc) is 3.46. The molecule has 5 aromatic rings. The molecule has 0 saturated heterocycles. The standard InChI is InChI=1S/C26H20N6O4/c1-15-27-29-23(31(15)21-10-6-17(7-11-21)25(33)34)19-4-3-5-20(14-19)24-30-28-16(2)32(24)22-12-8-18(9-13-22)26(35)36/h3-14H,1-2H3,(H,33,34)(H,35,36). The molecule has 0 atom stereocenters. The highest BCUT2D eigenvalue weighted by Crippen LogP contribution is 2.29. The Morgan fingerprint density at radius 1 is 0.611 bits per heavy atom. The number of rotatable bonds is 6. The summed E-state index contributed by atoms with van der Waals surface area (Å²) in [7, 11) is 0. The summed E-state index contributed by atoms with van der Waals surface area (Å²) in [6.45, 7) is 3.65. The minimum atomic E-state index is -0.994. The van der Waals surface area contributed by atoms with Gasteiger partial charge in [0, 0.05) is 22.5 Å². The van der Waals surface area contributed by atoms with E-state index in [1.807, 2.05) is 47.2 Å².